The molecule has 5 nitrogen and oxygen atoms in total. The van der Waals surface area contributed by atoms with E-state index in [-0.39, 0.29) is 11.8 Å². The number of rotatable bonds is 4. The lowest BCUT2D eigenvalue weighted by Gasteiger charge is -2.32. The molecule has 3 aromatic rings. The van der Waals surface area contributed by atoms with Crippen molar-refractivity contribution >= 4 is 23.5 Å². The number of carbonyl (C=O) groups is 1. The second-order valence-corrected chi connectivity index (χ2v) is 8.93. The van der Waals surface area contributed by atoms with Crippen LogP contribution in [0.25, 0.3) is 0 Å². The summed E-state index contributed by atoms with van der Waals surface area (Å²) in [5, 5.41) is 8.95. The molecule has 0 unspecified atom stereocenters. The number of nitrogens with zero attached hydrogens (tertiary/aromatic N) is 3. The Balaban J connectivity index is 1.51. The molecule has 2 aromatic carbocycles. The monoisotopic (exact) mass is 416 g/mol. The Morgan fingerprint density at radius 2 is 1.90 bits per heavy atom. The maximum Gasteiger partial charge on any atom is 0.227 e. The number of Topliss-reactive ketones (excluding diaryl/α,β-unsaturated/α-hetero) is 1. The van der Waals surface area contributed by atoms with Crippen molar-refractivity contribution in [3.05, 3.63) is 82.1 Å². The quantitative estimate of drug-likeness (QED) is 0.592. The predicted molar refractivity (Wildman–Crippen MR) is 120 cm³/mol. The van der Waals surface area contributed by atoms with Gasteiger partial charge in [0.25, 0.3) is 0 Å². The van der Waals surface area contributed by atoms with Crippen molar-refractivity contribution < 1.29 is 4.79 Å². The summed E-state index contributed by atoms with van der Waals surface area (Å²) in [6.07, 6.45) is 2.36. The van der Waals surface area contributed by atoms with E-state index in [1.165, 1.54) is 16.7 Å². The smallest absolute Gasteiger partial charge is 0.227 e. The number of anilines is 1. The van der Waals surface area contributed by atoms with Crippen molar-refractivity contribution in [3.8, 4) is 0 Å². The van der Waals surface area contributed by atoms with Gasteiger partial charge in [0.15, 0.2) is 5.78 Å². The van der Waals surface area contributed by atoms with E-state index in [1.54, 1.807) is 11.8 Å². The SMILES string of the molecule is Cc1ccc([C@@H]2C3=C(CCCC3=O)Nc3nc(SCc4ccccc4C)nn32)cc1. The van der Waals surface area contributed by atoms with Crippen LogP contribution in [0.1, 0.15) is 47.6 Å². The van der Waals surface area contributed by atoms with E-state index in [2.05, 4.69) is 67.7 Å². The van der Waals surface area contributed by atoms with Crippen LogP contribution in [-0.2, 0) is 10.5 Å². The summed E-state index contributed by atoms with van der Waals surface area (Å²) in [7, 11) is 0. The van der Waals surface area contributed by atoms with Crippen LogP contribution < -0.4 is 5.32 Å². The van der Waals surface area contributed by atoms with Gasteiger partial charge in [-0.15, -0.1) is 5.10 Å². The van der Waals surface area contributed by atoms with E-state index < -0.39 is 0 Å². The van der Waals surface area contributed by atoms with E-state index in [4.69, 9.17) is 10.1 Å². The number of carbonyl (C=O) groups excluding carboxylic acids is 1. The number of hydrogen-bond acceptors (Lipinski definition) is 5. The minimum absolute atomic E-state index is 0.213. The molecule has 30 heavy (non-hydrogen) atoms. The number of benzene rings is 2. The van der Waals surface area contributed by atoms with Crippen LogP contribution >= 0.6 is 11.8 Å². The summed E-state index contributed by atoms with van der Waals surface area (Å²) in [4.78, 5) is 17.6. The molecule has 2 aliphatic rings. The van der Waals surface area contributed by atoms with Gasteiger partial charge in [0.1, 0.15) is 6.04 Å². The number of allylic oxidation sites excluding steroid dienone is 2. The van der Waals surface area contributed by atoms with Crippen LogP contribution in [0.15, 0.2) is 65.0 Å². The third-order valence-corrected chi connectivity index (χ3v) is 6.75. The molecule has 1 atom stereocenters. The van der Waals surface area contributed by atoms with Crippen LogP contribution in [0.5, 0.6) is 0 Å². The van der Waals surface area contributed by atoms with Gasteiger partial charge in [0.05, 0.1) is 0 Å². The molecule has 0 fully saturated rings. The summed E-state index contributed by atoms with van der Waals surface area (Å²) >= 11 is 1.63. The van der Waals surface area contributed by atoms with E-state index in [1.807, 2.05) is 4.68 Å². The van der Waals surface area contributed by atoms with Crippen molar-refractivity contribution in [2.24, 2.45) is 0 Å². The molecule has 0 saturated heterocycles. The number of aryl methyl sites for hydroxylation is 2. The average molecular weight is 417 g/mol. The molecule has 2 heterocycles. The summed E-state index contributed by atoms with van der Waals surface area (Å²) in [6.45, 7) is 4.20. The molecule has 0 radical (unpaired) electrons. The largest absolute Gasteiger partial charge is 0.328 e. The Hall–Kier alpha value is -2.86. The van der Waals surface area contributed by atoms with E-state index in [0.717, 1.165) is 46.5 Å². The highest BCUT2D eigenvalue weighted by Gasteiger charge is 2.36. The Kier molecular flexibility index (Phi) is 4.95. The van der Waals surface area contributed by atoms with Gasteiger partial charge in [-0.25, -0.2) is 4.68 Å². The van der Waals surface area contributed by atoms with Gasteiger partial charge in [-0.1, -0.05) is 65.9 Å². The number of nitrogens with one attached hydrogen (secondary N) is 1. The Labute approximate surface area is 180 Å². The normalized spacial score (nSPS) is 18.1. The van der Waals surface area contributed by atoms with Crippen LogP contribution in [0.2, 0.25) is 0 Å². The minimum Gasteiger partial charge on any atom is -0.328 e. The molecular weight excluding hydrogens is 392 g/mol. The molecule has 1 aliphatic heterocycles. The maximum atomic E-state index is 12.9. The molecule has 0 bridgehead atoms. The molecule has 6 heteroatoms. The van der Waals surface area contributed by atoms with Gasteiger partial charge in [-0.2, -0.15) is 4.98 Å². The van der Waals surface area contributed by atoms with Gasteiger partial charge in [0.2, 0.25) is 11.1 Å². The van der Waals surface area contributed by atoms with Crippen molar-refractivity contribution in [3.63, 3.8) is 0 Å². The molecule has 0 spiro atoms. The summed E-state index contributed by atoms with van der Waals surface area (Å²) in [6, 6.07) is 16.6. The van der Waals surface area contributed by atoms with Crippen molar-refractivity contribution in [2.75, 3.05) is 5.32 Å². The van der Waals surface area contributed by atoms with E-state index in [9.17, 15) is 4.79 Å². The first-order valence-corrected chi connectivity index (χ1v) is 11.3. The number of fused-ring (bicyclic) bond motifs is 1. The molecule has 152 valence electrons. The van der Waals surface area contributed by atoms with Crippen molar-refractivity contribution in [2.45, 2.75) is 50.1 Å². The lowest BCUT2D eigenvalue weighted by molar-refractivity contribution is -0.116. The molecule has 0 saturated carbocycles. The topological polar surface area (TPSA) is 59.8 Å². The summed E-state index contributed by atoms with van der Waals surface area (Å²) in [5.74, 6) is 1.75. The van der Waals surface area contributed by atoms with Crippen molar-refractivity contribution in [1.82, 2.24) is 14.8 Å². The van der Waals surface area contributed by atoms with Gasteiger partial charge in [-0.05, 0) is 43.4 Å². The highest BCUT2D eigenvalue weighted by molar-refractivity contribution is 7.98. The zero-order valence-electron chi connectivity index (χ0n) is 17.2. The number of aromatic nitrogens is 3. The Morgan fingerprint density at radius 3 is 2.70 bits per heavy atom. The fraction of sp³-hybridized carbons (Fsp3) is 0.292. The Morgan fingerprint density at radius 1 is 1.10 bits per heavy atom. The van der Waals surface area contributed by atoms with Crippen LogP contribution in [0.4, 0.5) is 5.95 Å². The van der Waals surface area contributed by atoms with Gasteiger partial charge in [-0.3, -0.25) is 4.79 Å². The zero-order chi connectivity index (χ0) is 20.7. The van der Waals surface area contributed by atoms with E-state index in [0.29, 0.717) is 6.42 Å². The predicted octanol–water partition coefficient (Wildman–Crippen LogP) is 5.21. The first-order valence-electron chi connectivity index (χ1n) is 10.3. The number of hydrogen-bond donors (Lipinski definition) is 1. The summed E-state index contributed by atoms with van der Waals surface area (Å²) < 4.78 is 1.90. The number of ketones is 1. The zero-order valence-corrected chi connectivity index (χ0v) is 18.0. The second-order valence-electron chi connectivity index (χ2n) is 7.98. The first kappa shape index (κ1) is 19.1. The van der Waals surface area contributed by atoms with Crippen molar-refractivity contribution in [1.29, 1.82) is 0 Å². The lowest BCUT2D eigenvalue weighted by Crippen LogP contribution is -2.31. The summed E-state index contributed by atoms with van der Waals surface area (Å²) in [5.41, 5.74) is 6.68. The fourth-order valence-corrected chi connectivity index (χ4v) is 5.07. The van der Waals surface area contributed by atoms with E-state index >= 15 is 0 Å². The van der Waals surface area contributed by atoms with Gasteiger partial charge < -0.3 is 5.32 Å². The maximum absolute atomic E-state index is 12.9. The average Bonchev–Trinajstić information content (AvgIpc) is 3.15. The third kappa shape index (κ3) is 3.45. The van der Waals surface area contributed by atoms with Gasteiger partial charge >= 0.3 is 0 Å². The first-order chi connectivity index (χ1) is 14.6. The molecule has 1 aliphatic carbocycles. The fourth-order valence-electron chi connectivity index (χ4n) is 4.17. The van der Waals surface area contributed by atoms with Gasteiger partial charge in [0, 0.05) is 23.4 Å². The third-order valence-electron chi connectivity index (χ3n) is 5.86. The highest BCUT2D eigenvalue weighted by atomic mass is 32.2. The second kappa shape index (κ2) is 7.76. The van der Waals surface area contributed by atoms with Crippen LogP contribution in [0, 0.1) is 13.8 Å². The minimum atomic E-state index is -0.218. The molecule has 1 aromatic heterocycles. The lowest BCUT2D eigenvalue weighted by atomic mass is 9.85. The highest BCUT2D eigenvalue weighted by Crippen LogP contribution is 2.40. The number of thioether (sulfide) groups is 1. The molecule has 1 N–H and O–H groups in total. The van der Waals surface area contributed by atoms with Crippen LogP contribution in [0.3, 0.4) is 0 Å². The molecular formula is C24H24N4OS. The molecule has 5 rings (SSSR count). The standard InChI is InChI=1S/C24H24N4OS/c1-15-10-12-17(13-11-15)22-21-19(8-5-9-20(21)29)25-23-26-24(27-28(22)23)30-14-18-7-4-3-6-16(18)2/h3-4,6-7,10-13,22H,5,8-9,14H2,1-2H3,(H,25,26,27)/t22-/m1/s1. The molecule has 0 amide bonds. The Bertz CT molecular complexity index is 1150. The van der Waals surface area contributed by atoms with Crippen LogP contribution in [-0.4, -0.2) is 20.5 Å².